The molecule has 0 aliphatic heterocycles. The molecule has 6 heteroatoms. The number of thioether (sulfide) groups is 1. The monoisotopic (exact) mass is 326 g/mol. The highest BCUT2D eigenvalue weighted by Gasteiger charge is 2.11. The van der Waals surface area contributed by atoms with Gasteiger partial charge in [-0.15, -0.1) is 0 Å². The predicted octanol–water partition coefficient (Wildman–Crippen LogP) is 3.14. The number of nitrogens with one attached hydrogen (secondary N) is 2. The summed E-state index contributed by atoms with van der Waals surface area (Å²) >= 11 is 1.60. The maximum Gasteiger partial charge on any atom is 0.241 e. The molecule has 1 amide bonds. The number of amides is 1. The average Bonchev–Trinajstić information content (AvgIpc) is 2.96. The zero-order chi connectivity index (χ0) is 16.2. The lowest BCUT2D eigenvalue weighted by atomic mass is 10.2. The molecule has 3 aromatic rings. The third-order valence-electron chi connectivity index (χ3n) is 3.42. The van der Waals surface area contributed by atoms with E-state index in [1.165, 1.54) is 0 Å². The first kappa shape index (κ1) is 15.6. The third-order valence-corrected chi connectivity index (χ3v) is 4.34. The summed E-state index contributed by atoms with van der Waals surface area (Å²) in [6.07, 6.45) is 0. The van der Waals surface area contributed by atoms with E-state index in [4.69, 9.17) is 5.73 Å². The number of aromatic amines is 1. The van der Waals surface area contributed by atoms with Crippen molar-refractivity contribution in [1.82, 2.24) is 9.97 Å². The average molecular weight is 326 g/mol. The maximum atomic E-state index is 11.8. The van der Waals surface area contributed by atoms with E-state index in [1.807, 2.05) is 48.5 Å². The standard InChI is InChI=1S/C17H18N4OS/c1-11(18)16(22)19-13-7-3-2-6-12(13)10-23-17-20-14-8-4-5-9-15(14)21-17/h2-9,11H,10,18H2,1H3,(H,19,22)(H,20,21)/t11-/m0/s1. The third kappa shape index (κ3) is 3.72. The first-order valence-electron chi connectivity index (χ1n) is 7.35. The Labute approximate surface area is 138 Å². The number of H-pyrrole nitrogens is 1. The topological polar surface area (TPSA) is 83.8 Å². The Hall–Kier alpha value is -2.31. The van der Waals surface area contributed by atoms with Gasteiger partial charge in [-0.05, 0) is 30.7 Å². The molecule has 5 nitrogen and oxygen atoms in total. The van der Waals surface area contributed by atoms with Crippen LogP contribution in [-0.2, 0) is 10.5 Å². The first-order valence-corrected chi connectivity index (χ1v) is 8.34. The van der Waals surface area contributed by atoms with E-state index in [0.29, 0.717) is 5.75 Å². The molecule has 23 heavy (non-hydrogen) atoms. The van der Waals surface area contributed by atoms with Crippen molar-refractivity contribution in [3.8, 4) is 0 Å². The molecule has 0 bridgehead atoms. The Bertz CT molecular complexity index is 795. The largest absolute Gasteiger partial charge is 0.333 e. The van der Waals surface area contributed by atoms with Crippen LogP contribution in [0.15, 0.2) is 53.7 Å². The summed E-state index contributed by atoms with van der Waals surface area (Å²) in [6, 6.07) is 15.1. The molecule has 0 spiro atoms. The predicted molar refractivity (Wildman–Crippen MR) is 94.4 cm³/mol. The Morgan fingerprint density at radius 3 is 2.78 bits per heavy atom. The van der Waals surface area contributed by atoms with Crippen LogP contribution >= 0.6 is 11.8 Å². The van der Waals surface area contributed by atoms with Crippen molar-refractivity contribution in [3.05, 3.63) is 54.1 Å². The summed E-state index contributed by atoms with van der Waals surface area (Å²) in [5.74, 6) is 0.515. The van der Waals surface area contributed by atoms with Crippen molar-refractivity contribution in [3.63, 3.8) is 0 Å². The second kappa shape index (κ2) is 6.85. The molecule has 3 rings (SSSR count). The second-order valence-electron chi connectivity index (χ2n) is 5.28. The molecule has 4 N–H and O–H groups in total. The van der Waals surface area contributed by atoms with E-state index >= 15 is 0 Å². The van der Waals surface area contributed by atoms with E-state index in [1.54, 1.807) is 18.7 Å². The number of hydrogen-bond donors (Lipinski definition) is 3. The summed E-state index contributed by atoms with van der Waals surface area (Å²) in [5.41, 5.74) is 9.41. The van der Waals surface area contributed by atoms with Gasteiger partial charge in [0.1, 0.15) is 0 Å². The summed E-state index contributed by atoms with van der Waals surface area (Å²) < 4.78 is 0. The lowest BCUT2D eigenvalue weighted by Crippen LogP contribution is -2.32. The molecule has 0 unspecified atom stereocenters. The van der Waals surface area contributed by atoms with Gasteiger partial charge in [0.05, 0.1) is 17.1 Å². The number of para-hydroxylation sites is 3. The Kier molecular flexibility index (Phi) is 4.64. The molecule has 1 atom stereocenters. The lowest BCUT2D eigenvalue weighted by molar-refractivity contribution is -0.117. The van der Waals surface area contributed by atoms with Crippen LogP contribution in [0.5, 0.6) is 0 Å². The quantitative estimate of drug-likeness (QED) is 0.629. The second-order valence-corrected chi connectivity index (χ2v) is 6.25. The summed E-state index contributed by atoms with van der Waals surface area (Å²) in [5, 5.41) is 3.73. The molecule has 0 aliphatic carbocycles. The van der Waals surface area contributed by atoms with E-state index in [-0.39, 0.29) is 5.91 Å². The van der Waals surface area contributed by atoms with Gasteiger partial charge in [-0.2, -0.15) is 0 Å². The minimum atomic E-state index is -0.536. The Morgan fingerprint density at radius 2 is 2.00 bits per heavy atom. The highest BCUT2D eigenvalue weighted by molar-refractivity contribution is 7.98. The van der Waals surface area contributed by atoms with Crippen LogP contribution in [0.3, 0.4) is 0 Å². The number of nitrogens with two attached hydrogens (primary N) is 1. The van der Waals surface area contributed by atoms with E-state index < -0.39 is 6.04 Å². The van der Waals surface area contributed by atoms with Crippen LogP contribution in [0.1, 0.15) is 12.5 Å². The van der Waals surface area contributed by atoms with Gasteiger partial charge >= 0.3 is 0 Å². The zero-order valence-electron chi connectivity index (χ0n) is 12.7. The van der Waals surface area contributed by atoms with Crippen molar-refractivity contribution in [1.29, 1.82) is 0 Å². The normalized spacial score (nSPS) is 12.3. The number of anilines is 1. The Balaban J connectivity index is 1.73. The summed E-state index contributed by atoms with van der Waals surface area (Å²) in [7, 11) is 0. The number of nitrogens with zero attached hydrogens (tertiary/aromatic N) is 1. The fourth-order valence-electron chi connectivity index (χ4n) is 2.16. The maximum absolute atomic E-state index is 11.8. The van der Waals surface area contributed by atoms with E-state index in [9.17, 15) is 4.79 Å². The van der Waals surface area contributed by atoms with Gasteiger partial charge in [0.2, 0.25) is 5.91 Å². The van der Waals surface area contributed by atoms with E-state index in [0.717, 1.165) is 27.4 Å². The highest BCUT2D eigenvalue weighted by atomic mass is 32.2. The van der Waals surface area contributed by atoms with Gasteiger partial charge in [-0.3, -0.25) is 4.79 Å². The number of aromatic nitrogens is 2. The van der Waals surface area contributed by atoms with Crippen LogP contribution in [0, 0.1) is 0 Å². The van der Waals surface area contributed by atoms with Gasteiger partial charge in [0.25, 0.3) is 0 Å². The molecule has 0 saturated heterocycles. The molecule has 1 heterocycles. The molecule has 0 radical (unpaired) electrons. The van der Waals surface area contributed by atoms with Crippen LogP contribution in [-0.4, -0.2) is 21.9 Å². The SMILES string of the molecule is C[C@H](N)C(=O)Nc1ccccc1CSc1nc2ccccc2[nH]1. The molecule has 0 saturated carbocycles. The van der Waals surface area contributed by atoms with Crippen molar-refractivity contribution < 1.29 is 4.79 Å². The molecule has 2 aromatic carbocycles. The lowest BCUT2D eigenvalue weighted by Gasteiger charge is -2.12. The van der Waals surface area contributed by atoms with Gasteiger partial charge in [-0.1, -0.05) is 42.1 Å². The molecular weight excluding hydrogens is 308 g/mol. The smallest absolute Gasteiger partial charge is 0.241 e. The van der Waals surface area contributed by atoms with Gasteiger partial charge < -0.3 is 16.0 Å². The number of imidazole rings is 1. The van der Waals surface area contributed by atoms with Gasteiger partial charge in [0.15, 0.2) is 5.16 Å². The van der Waals surface area contributed by atoms with Crippen LogP contribution in [0.4, 0.5) is 5.69 Å². The molecule has 1 aromatic heterocycles. The van der Waals surface area contributed by atoms with E-state index in [2.05, 4.69) is 15.3 Å². The number of fused-ring (bicyclic) bond motifs is 1. The minimum absolute atomic E-state index is 0.189. The highest BCUT2D eigenvalue weighted by Crippen LogP contribution is 2.26. The summed E-state index contributed by atoms with van der Waals surface area (Å²) in [6.45, 7) is 1.67. The summed E-state index contributed by atoms with van der Waals surface area (Å²) in [4.78, 5) is 19.6. The fraction of sp³-hybridized carbons (Fsp3) is 0.176. The first-order chi connectivity index (χ1) is 11.1. The van der Waals surface area contributed by atoms with Gasteiger partial charge in [-0.25, -0.2) is 4.98 Å². The number of benzene rings is 2. The van der Waals surface area contributed by atoms with Crippen molar-refractivity contribution >= 4 is 34.4 Å². The number of carbonyl (C=O) groups excluding carboxylic acids is 1. The van der Waals surface area contributed by atoms with Gasteiger partial charge in [0, 0.05) is 11.4 Å². The van der Waals surface area contributed by atoms with Crippen molar-refractivity contribution in [2.75, 3.05) is 5.32 Å². The zero-order valence-corrected chi connectivity index (χ0v) is 13.6. The molecular formula is C17H18N4OS. The number of carbonyl (C=O) groups is 1. The van der Waals surface area contributed by atoms with Crippen LogP contribution in [0.2, 0.25) is 0 Å². The number of rotatable bonds is 5. The van der Waals surface area contributed by atoms with Crippen LogP contribution < -0.4 is 11.1 Å². The van der Waals surface area contributed by atoms with Crippen LogP contribution in [0.25, 0.3) is 11.0 Å². The molecule has 0 fully saturated rings. The van der Waals surface area contributed by atoms with Crippen molar-refractivity contribution in [2.45, 2.75) is 23.9 Å². The molecule has 118 valence electrons. The number of hydrogen-bond acceptors (Lipinski definition) is 4. The van der Waals surface area contributed by atoms with Crippen molar-refractivity contribution in [2.24, 2.45) is 5.73 Å². The minimum Gasteiger partial charge on any atom is -0.333 e. The fourth-order valence-corrected chi connectivity index (χ4v) is 3.05. The Morgan fingerprint density at radius 1 is 1.26 bits per heavy atom. The molecule has 0 aliphatic rings.